The van der Waals surface area contributed by atoms with Crippen molar-refractivity contribution in [1.82, 2.24) is 0 Å². The lowest BCUT2D eigenvalue weighted by atomic mass is 9.77. The summed E-state index contributed by atoms with van der Waals surface area (Å²) in [6.07, 6.45) is 3.55. The molecule has 0 aromatic carbocycles. The van der Waals surface area contributed by atoms with E-state index in [1.54, 1.807) is 0 Å². The van der Waals surface area contributed by atoms with Crippen LogP contribution in [-0.4, -0.2) is 16.9 Å². The monoisotopic (exact) mass is 242 g/mol. The summed E-state index contributed by atoms with van der Waals surface area (Å²) in [4.78, 5) is 21.9. The molecule has 0 aromatic heterocycles. The fourth-order valence-electron chi connectivity index (χ4n) is 1.47. The van der Waals surface area contributed by atoms with Crippen molar-refractivity contribution in [1.29, 1.82) is 0 Å². The number of carboxylic acids is 1. The summed E-state index contributed by atoms with van der Waals surface area (Å²) in [7, 11) is 0. The fraction of sp³-hybridized carbons (Fsp3) is 0.857. The fourth-order valence-corrected chi connectivity index (χ4v) is 1.47. The molecule has 1 N–H and O–H groups in total. The molecule has 0 rings (SSSR count). The summed E-state index contributed by atoms with van der Waals surface area (Å²) in [5, 5.41) is 8.46. The van der Waals surface area contributed by atoms with Gasteiger partial charge in [0.15, 0.2) is 0 Å². The Hall–Kier alpha value is -0.860. The SMILES string of the molecule is CC(C)C(C)(C)CCC(=O)CCCCC(=O)O. The maximum absolute atomic E-state index is 11.6. The number of carbonyl (C=O) groups excluding carboxylic acids is 1. The lowest BCUT2D eigenvalue weighted by Gasteiger charge is -2.28. The van der Waals surface area contributed by atoms with Gasteiger partial charge in [-0.2, -0.15) is 0 Å². The van der Waals surface area contributed by atoms with E-state index in [2.05, 4.69) is 27.7 Å². The van der Waals surface area contributed by atoms with Crippen LogP contribution in [0.1, 0.15) is 66.2 Å². The van der Waals surface area contributed by atoms with Crippen molar-refractivity contribution in [2.45, 2.75) is 66.2 Å². The van der Waals surface area contributed by atoms with E-state index in [-0.39, 0.29) is 17.6 Å². The number of carbonyl (C=O) groups is 2. The highest BCUT2D eigenvalue weighted by Crippen LogP contribution is 2.31. The molecule has 0 saturated heterocycles. The van der Waals surface area contributed by atoms with Crippen LogP contribution >= 0.6 is 0 Å². The minimum atomic E-state index is -0.779. The third-order valence-corrected chi connectivity index (χ3v) is 3.71. The molecule has 0 amide bonds. The molecule has 0 unspecified atom stereocenters. The molecule has 0 radical (unpaired) electrons. The van der Waals surface area contributed by atoms with Gasteiger partial charge in [-0.05, 0) is 30.6 Å². The summed E-state index contributed by atoms with van der Waals surface area (Å²) >= 11 is 0. The Kier molecular flexibility index (Phi) is 7.09. The van der Waals surface area contributed by atoms with Crippen molar-refractivity contribution in [3.63, 3.8) is 0 Å². The molecule has 0 bridgehead atoms. The van der Waals surface area contributed by atoms with Crippen LogP contribution < -0.4 is 0 Å². The van der Waals surface area contributed by atoms with Crippen molar-refractivity contribution in [3.8, 4) is 0 Å². The minimum Gasteiger partial charge on any atom is -0.481 e. The van der Waals surface area contributed by atoms with Gasteiger partial charge in [0, 0.05) is 19.3 Å². The second-order valence-corrected chi connectivity index (χ2v) is 5.78. The van der Waals surface area contributed by atoms with Crippen LogP contribution in [0.3, 0.4) is 0 Å². The Balaban J connectivity index is 3.70. The Bertz CT molecular complexity index is 254. The number of unbranched alkanes of at least 4 members (excludes halogenated alkanes) is 1. The smallest absolute Gasteiger partial charge is 0.303 e. The molecule has 0 heterocycles. The first-order valence-corrected chi connectivity index (χ1v) is 6.49. The number of Topliss-reactive ketones (excluding diaryl/α,β-unsaturated/α-hetero) is 1. The Morgan fingerprint density at radius 1 is 1.06 bits per heavy atom. The van der Waals surface area contributed by atoms with Crippen LogP contribution in [0.2, 0.25) is 0 Å². The minimum absolute atomic E-state index is 0.171. The van der Waals surface area contributed by atoms with Gasteiger partial charge in [-0.25, -0.2) is 0 Å². The first-order chi connectivity index (χ1) is 7.75. The molecule has 0 spiro atoms. The van der Waals surface area contributed by atoms with E-state index in [0.717, 1.165) is 6.42 Å². The van der Waals surface area contributed by atoms with E-state index >= 15 is 0 Å². The summed E-state index contributed by atoms with van der Waals surface area (Å²) < 4.78 is 0. The molecule has 100 valence electrons. The average Bonchev–Trinajstić information content (AvgIpc) is 2.21. The maximum atomic E-state index is 11.6. The summed E-state index contributed by atoms with van der Waals surface area (Å²) in [6, 6.07) is 0. The zero-order valence-corrected chi connectivity index (χ0v) is 11.6. The van der Waals surface area contributed by atoms with Crippen LogP contribution in [0, 0.1) is 11.3 Å². The molecular formula is C14H26O3. The highest BCUT2D eigenvalue weighted by Gasteiger charge is 2.22. The van der Waals surface area contributed by atoms with Crippen molar-refractivity contribution < 1.29 is 14.7 Å². The van der Waals surface area contributed by atoms with E-state index in [1.807, 2.05) is 0 Å². The van der Waals surface area contributed by atoms with Crippen LogP contribution in [0.15, 0.2) is 0 Å². The zero-order valence-electron chi connectivity index (χ0n) is 11.6. The molecule has 0 aliphatic rings. The standard InChI is InChI=1S/C14H26O3/c1-11(2)14(3,4)10-9-12(15)7-5-6-8-13(16)17/h11H,5-10H2,1-4H3,(H,16,17). The molecule has 0 aliphatic carbocycles. The molecule has 0 aliphatic heterocycles. The quantitative estimate of drug-likeness (QED) is 0.628. The second-order valence-electron chi connectivity index (χ2n) is 5.78. The van der Waals surface area contributed by atoms with Crippen LogP contribution in [0.5, 0.6) is 0 Å². The van der Waals surface area contributed by atoms with Crippen LogP contribution in [-0.2, 0) is 9.59 Å². The topological polar surface area (TPSA) is 54.4 Å². The van der Waals surface area contributed by atoms with Gasteiger partial charge in [0.1, 0.15) is 5.78 Å². The molecule has 0 saturated carbocycles. The van der Waals surface area contributed by atoms with Gasteiger partial charge in [0.05, 0.1) is 0 Å². The molecule has 0 atom stereocenters. The van der Waals surface area contributed by atoms with Gasteiger partial charge in [-0.3, -0.25) is 9.59 Å². The van der Waals surface area contributed by atoms with E-state index < -0.39 is 5.97 Å². The number of aliphatic carboxylic acids is 1. The van der Waals surface area contributed by atoms with Gasteiger partial charge in [0.25, 0.3) is 0 Å². The van der Waals surface area contributed by atoms with Gasteiger partial charge in [0.2, 0.25) is 0 Å². The molecule has 0 fully saturated rings. The van der Waals surface area contributed by atoms with Gasteiger partial charge >= 0.3 is 5.97 Å². The summed E-state index contributed by atoms with van der Waals surface area (Å²) in [6.45, 7) is 8.74. The molecule has 0 aromatic rings. The zero-order chi connectivity index (χ0) is 13.5. The highest BCUT2D eigenvalue weighted by atomic mass is 16.4. The van der Waals surface area contributed by atoms with Crippen LogP contribution in [0.4, 0.5) is 0 Å². The molecule has 3 heteroatoms. The van der Waals surface area contributed by atoms with E-state index in [4.69, 9.17) is 5.11 Å². The third kappa shape index (κ3) is 7.94. The van der Waals surface area contributed by atoms with Crippen molar-refractivity contribution >= 4 is 11.8 Å². The predicted molar refractivity (Wildman–Crippen MR) is 69.0 cm³/mol. The van der Waals surface area contributed by atoms with Crippen molar-refractivity contribution in [3.05, 3.63) is 0 Å². The lowest BCUT2D eigenvalue weighted by molar-refractivity contribution is -0.137. The Morgan fingerprint density at radius 2 is 1.59 bits per heavy atom. The number of hydrogen-bond donors (Lipinski definition) is 1. The van der Waals surface area contributed by atoms with Gasteiger partial charge < -0.3 is 5.11 Å². The number of rotatable bonds is 9. The van der Waals surface area contributed by atoms with E-state index in [0.29, 0.717) is 31.6 Å². The van der Waals surface area contributed by atoms with Crippen molar-refractivity contribution in [2.24, 2.45) is 11.3 Å². The first-order valence-electron chi connectivity index (χ1n) is 6.49. The first kappa shape index (κ1) is 16.1. The molecule has 17 heavy (non-hydrogen) atoms. The van der Waals surface area contributed by atoms with Crippen molar-refractivity contribution in [2.75, 3.05) is 0 Å². The van der Waals surface area contributed by atoms with E-state index in [9.17, 15) is 9.59 Å². The van der Waals surface area contributed by atoms with E-state index in [1.165, 1.54) is 0 Å². The largest absolute Gasteiger partial charge is 0.481 e. The molecule has 3 nitrogen and oxygen atoms in total. The normalized spacial score (nSPS) is 11.8. The number of carboxylic acid groups (broad SMARTS) is 1. The number of hydrogen-bond acceptors (Lipinski definition) is 2. The number of ketones is 1. The Labute approximate surface area is 105 Å². The summed E-state index contributed by atoms with van der Waals surface area (Å²) in [5.41, 5.74) is 0.205. The Morgan fingerprint density at radius 3 is 2.06 bits per heavy atom. The summed E-state index contributed by atoms with van der Waals surface area (Å²) in [5.74, 6) is 0.0600. The maximum Gasteiger partial charge on any atom is 0.303 e. The van der Waals surface area contributed by atoms with Gasteiger partial charge in [-0.1, -0.05) is 27.7 Å². The van der Waals surface area contributed by atoms with Gasteiger partial charge in [-0.15, -0.1) is 0 Å². The average molecular weight is 242 g/mol. The lowest BCUT2D eigenvalue weighted by Crippen LogP contribution is -2.20. The van der Waals surface area contributed by atoms with Crippen LogP contribution in [0.25, 0.3) is 0 Å². The third-order valence-electron chi connectivity index (χ3n) is 3.71. The highest BCUT2D eigenvalue weighted by molar-refractivity contribution is 5.78. The molecular weight excluding hydrogens is 216 g/mol. The predicted octanol–water partition coefficient (Wildman–Crippen LogP) is 3.66. The second kappa shape index (κ2) is 7.46.